The lowest BCUT2D eigenvalue weighted by molar-refractivity contribution is -0.142. The van der Waals surface area contributed by atoms with Crippen LogP contribution in [0.3, 0.4) is 0 Å². The van der Waals surface area contributed by atoms with Crippen molar-refractivity contribution in [2.75, 3.05) is 20.2 Å². The second-order valence-corrected chi connectivity index (χ2v) is 3.31. The summed E-state index contributed by atoms with van der Waals surface area (Å²) in [6, 6.07) is -0.560. The van der Waals surface area contributed by atoms with Crippen LogP contribution in [0.15, 0.2) is 0 Å². The van der Waals surface area contributed by atoms with Crippen LogP contribution in [0, 0.1) is 0 Å². The molecule has 0 bridgehead atoms. The maximum Gasteiger partial charge on any atom is 0.320 e. The van der Waals surface area contributed by atoms with E-state index in [-0.39, 0.29) is 6.10 Å². The molecule has 0 unspecified atom stereocenters. The van der Waals surface area contributed by atoms with Crippen LogP contribution in [0.2, 0.25) is 0 Å². The van der Waals surface area contributed by atoms with E-state index in [4.69, 9.17) is 9.84 Å². The number of rotatable bonds is 3. The molecule has 0 aliphatic carbocycles. The van der Waals surface area contributed by atoms with E-state index >= 15 is 0 Å². The smallest absolute Gasteiger partial charge is 0.320 e. The van der Waals surface area contributed by atoms with Gasteiger partial charge in [0.2, 0.25) is 0 Å². The average molecular weight is 189 g/mol. The lowest BCUT2D eigenvalue weighted by Crippen LogP contribution is -2.38. The highest BCUT2D eigenvalue weighted by molar-refractivity contribution is 5.72. The van der Waals surface area contributed by atoms with Gasteiger partial charge < -0.3 is 14.9 Å². The number of carboxylic acid groups (broad SMARTS) is 1. The number of methoxy groups -OCH3 is 1. The van der Waals surface area contributed by atoms with Gasteiger partial charge in [-0.3, -0.25) is 9.69 Å². The van der Waals surface area contributed by atoms with Gasteiger partial charge in [0.25, 0.3) is 0 Å². The fourth-order valence-electron chi connectivity index (χ4n) is 1.49. The normalized spacial score (nSPS) is 31.9. The topological polar surface area (TPSA) is 70.0 Å². The van der Waals surface area contributed by atoms with Crippen molar-refractivity contribution in [2.24, 2.45) is 0 Å². The third-order valence-corrected chi connectivity index (χ3v) is 2.47. The van der Waals surface area contributed by atoms with E-state index in [2.05, 4.69) is 0 Å². The molecule has 0 saturated carbocycles. The fraction of sp³-hybridized carbons (Fsp3) is 0.875. The van der Waals surface area contributed by atoms with Gasteiger partial charge in [0.1, 0.15) is 6.04 Å². The summed E-state index contributed by atoms with van der Waals surface area (Å²) in [5.74, 6) is -0.871. The third-order valence-electron chi connectivity index (χ3n) is 2.47. The molecule has 1 rings (SSSR count). The molecular weight excluding hydrogens is 174 g/mol. The standard InChI is InChI=1S/C8H15NO4/c1-5(8(11)12)9-3-6(10)7(4-9)13-2/h5-7,10H,3-4H2,1-2H3,(H,11,12)/t5-,6-,7+/m0/s1. The zero-order chi connectivity index (χ0) is 10.0. The summed E-state index contributed by atoms with van der Waals surface area (Å²) in [6.45, 7) is 2.45. The summed E-state index contributed by atoms with van der Waals surface area (Å²) < 4.78 is 5.00. The number of nitrogens with zero attached hydrogens (tertiary/aromatic N) is 1. The molecule has 0 aromatic heterocycles. The maximum atomic E-state index is 10.6. The highest BCUT2D eigenvalue weighted by Crippen LogP contribution is 2.15. The predicted molar refractivity (Wildman–Crippen MR) is 45.5 cm³/mol. The van der Waals surface area contributed by atoms with Crippen molar-refractivity contribution < 1.29 is 19.7 Å². The Morgan fingerprint density at radius 2 is 2.23 bits per heavy atom. The van der Waals surface area contributed by atoms with Gasteiger partial charge in [-0.15, -0.1) is 0 Å². The van der Waals surface area contributed by atoms with Crippen LogP contribution in [0.1, 0.15) is 6.92 Å². The van der Waals surface area contributed by atoms with Crippen molar-refractivity contribution in [3.63, 3.8) is 0 Å². The Balaban J connectivity index is 2.52. The van der Waals surface area contributed by atoms with Crippen LogP contribution < -0.4 is 0 Å². The Bertz CT molecular complexity index is 197. The second-order valence-electron chi connectivity index (χ2n) is 3.31. The first kappa shape index (κ1) is 10.4. The molecule has 0 radical (unpaired) electrons. The van der Waals surface area contributed by atoms with Gasteiger partial charge in [0.05, 0.1) is 12.2 Å². The van der Waals surface area contributed by atoms with E-state index in [1.807, 2.05) is 0 Å². The number of hydrogen-bond acceptors (Lipinski definition) is 4. The number of likely N-dealkylation sites (tertiary alicyclic amines) is 1. The Kier molecular flexibility index (Phi) is 3.24. The summed E-state index contributed by atoms with van der Waals surface area (Å²) in [5, 5.41) is 18.2. The van der Waals surface area contributed by atoms with E-state index < -0.39 is 18.1 Å². The van der Waals surface area contributed by atoms with E-state index in [1.165, 1.54) is 7.11 Å². The van der Waals surface area contributed by atoms with E-state index in [0.717, 1.165) is 0 Å². The lowest BCUT2D eigenvalue weighted by Gasteiger charge is -2.19. The van der Waals surface area contributed by atoms with Gasteiger partial charge >= 0.3 is 5.97 Å². The van der Waals surface area contributed by atoms with Crippen molar-refractivity contribution in [2.45, 2.75) is 25.2 Å². The van der Waals surface area contributed by atoms with Crippen LogP contribution in [-0.2, 0) is 9.53 Å². The van der Waals surface area contributed by atoms with Crippen molar-refractivity contribution >= 4 is 5.97 Å². The molecule has 1 heterocycles. The van der Waals surface area contributed by atoms with Crippen molar-refractivity contribution in [3.8, 4) is 0 Å². The van der Waals surface area contributed by atoms with Crippen LogP contribution in [0.4, 0.5) is 0 Å². The monoisotopic (exact) mass is 189 g/mol. The van der Waals surface area contributed by atoms with E-state index in [9.17, 15) is 9.90 Å². The average Bonchev–Trinajstić information content (AvgIpc) is 2.45. The molecule has 13 heavy (non-hydrogen) atoms. The molecule has 0 spiro atoms. The first-order valence-corrected chi connectivity index (χ1v) is 4.24. The molecule has 5 heteroatoms. The van der Waals surface area contributed by atoms with Crippen LogP contribution in [0.5, 0.6) is 0 Å². The molecule has 0 aromatic carbocycles. The Morgan fingerprint density at radius 3 is 2.62 bits per heavy atom. The molecule has 5 nitrogen and oxygen atoms in total. The fourth-order valence-corrected chi connectivity index (χ4v) is 1.49. The SMILES string of the molecule is CO[C@@H]1CN([C@@H](C)C(=O)O)C[C@@H]1O. The van der Waals surface area contributed by atoms with Crippen LogP contribution >= 0.6 is 0 Å². The summed E-state index contributed by atoms with van der Waals surface area (Å²) in [4.78, 5) is 12.3. The first-order chi connectivity index (χ1) is 6.06. The number of carboxylic acids is 1. The number of aliphatic hydroxyl groups is 1. The highest BCUT2D eigenvalue weighted by Gasteiger charge is 2.35. The molecule has 76 valence electrons. The molecule has 2 N–H and O–H groups in total. The number of hydrogen-bond donors (Lipinski definition) is 2. The Hall–Kier alpha value is -0.650. The summed E-state index contributed by atoms with van der Waals surface area (Å²) in [6.07, 6.45) is -0.839. The van der Waals surface area contributed by atoms with Crippen molar-refractivity contribution in [3.05, 3.63) is 0 Å². The van der Waals surface area contributed by atoms with E-state index in [1.54, 1.807) is 11.8 Å². The molecular formula is C8H15NO4. The molecule has 0 amide bonds. The van der Waals surface area contributed by atoms with Gasteiger partial charge in [-0.25, -0.2) is 0 Å². The summed E-state index contributed by atoms with van der Waals surface area (Å²) in [7, 11) is 1.52. The second kappa shape index (κ2) is 4.04. The minimum Gasteiger partial charge on any atom is -0.480 e. The van der Waals surface area contributed by atoms with Crippen molar-refractivity contribution in [1.82, 2.24) is 4.90 Å². The minimum absolute atomic E-state index is 0.262. The largest absolute Gasteiger partial charge is 0.480 e. The van der Waals surface area contributed by atoms with Gasteiger partial charge in [0.15, 0.2) is 0 Å². The maximum absolute atomic E-state index is 10.6. The zero-order valence-electron chi connectivity index (χ0n) is 7.80. The molecule has 1 aliphatic heterocycles. The summed E-state index contributed by atoms with van der Waals surface area (Å²) in [5.41, 5.74) is 0. The number of ether oxygens (including phenoxy) is 1. The Labute approximate surface area is 76.9 Å². The Morgan fingerprint density at radius 1 is 1.62 bits per heavy atom. The van der Waals surface area contributed by atoms with Gasteiger partial charge in [-0.1, -0.05) is 0 Å². The van der Waals surface area contributed by atoms with Crippen LogP contribution in [0.25, 0.3) is 0 Å². The number of aliphatic carboxylic acids is 1. The number of carbonyl (C=O) groups is 1. The first-order valence-electron chi connectivity index (χ1n) is 4.24. The minimum atomic E-state index is -0.871. The predicted octanol–water partition coefficient (Wildman–Crippen LogP) is -0.849. The third kappa shape index (κ3) is 2.18. The highest BCUT2D eigenvalue weighted by atomic mass is 16.5. The van der Waals surface area contributed by atoms with Gasteiger partial charge in [-0.05, 0) is 6.92 Å². The van der Waals surface area contributed by atoms with E-state index in [0.29, 0.717) is 13.1 Å². The van der Waals surface area contributed by atoms with Crippen LogP contribution in [-0.4, -0.2) is 59.5 Å². The molecule has 3 atom stereocenters. The summed E-state index contributed by atoms with van der Waals surface area (Å²) >= 11 is 0. The van der Waals surface area contributed by atoms with Gasteiger partial charge in [-0.2, -0.15) is 0 Å². The number of aliphatic hydroxyl groups excluding tert-OH is 1. The molecule has 1 fully saturated rings. The lowest BCUT2D eigenvalue weighted by atomic mass is 10.3. The molecule has 1 aliphatic rings. The van der Waals surface area contributed by atoms with Crippen molar-refractivity contribution in [1.29, 1.82) is 0 Å². The number of β-amino-alcohol motifs (C(OH)–C–C–N with tert-alkyl or cyclic N) is 1. The van der Waals surface area contributed by atoms with Gasteiger partial charge in [0, 0.05) is 20.2 Å². The zero-order valence-corrected chi connectivity index (χ0v) is 7.80. The quantitative estimate of drug-likeness (QED) is 0.605. The molecule has 0 aromatic rings. The molecule has 1 saturated heterocycles.